The van der Waals surface area contributed by atoms with E-state index in [0.29, 0.717) is 0 Å². The number of carbonyl (C=O) groups excluding carboxylic acids is 1. The Bertz CT molecular complexity index is 808. The van der Waals surface area contributed by atoms with Gasteiger partial charge >= 0.3 is 0 Å². The molecule has 1 fully saturated rings. The topological polar surface area (TPSA) is 93.0 Å². The van der Waals surface area contributed by atoms with Gasteiger partial charge in [0.1, 0.15) is 0 Å². The van der Waals surface area contributed by atoms with Crippen LogP contribution in [0.1, 0.15) is 17.4 Å². The Labute approximate surface area is 151 Å². The number of furan rings is 1. The highest BCUT2D eigenvalue weighted by molar-refractivity contribution is 7.91. The second-order valence-electron chi connectivity index (χ2n) is 6.11. The van der Waals surface area contributed by atoms with Crippen LogP contribution >= 0.6 is 11.6 Å². The largest absolute Gasteiger partial charge is 0.463 e. The fourth-order valence-corrected chi connectivity index (χ4v) is 5.52. The molecule has 3 atom stereocenters. The second kappa shape index (κ2) is 7.59. The van der Waals surface area contributed by atoms with E-state index in [-0.39, 0.29) is 30.0 Å². The first-order valence-corrected chi connectivity index (χ1v) is 10.3. The van der Waals surface area contributed by atoms with Crippen LogP contribution in [0.15, 0.2) is 53.1 Å². The first kappa shape index (κ1) is 18.0. The van der Waals surface area contributed by atoms with Crippen molar-refractivity contribution in [2.45, 2.75) is 17.5 Å². The van der Waals surface area contributed by atoms with E-state index >= 15 is 0 Å². The van der Waals surface area contributed by atoms with Gasteiger partial charge in [-0.15, -0.1) is 11.6 Å². The average Bonchev–Trinajstić information content (AvgIpc) is 3.17. The van der Waals surface area contributed by atoms with Crippen molar-refractivity contribution in [3.8, 4) is 0 Å². The van der Waals surface area contributed by atoms with Crippen molar-refractivity contribution < 1.29 is 22.9 Å². The summed E-state index contributed by atoms with van der Waals surface area (Å²) in [4.78, 5) is 12.2. The lowest BCUT2D eigenvalue weighted by atomic mass is 10.0. The van der Waals surface area contributed by atoms with Crippen molar-refractivity contribution in [2.24, 2.45) is 0 Å². The van der Waals surface area contributed by atoms with Crippen LogP contribution in [0.2, 0.25) is 0 Å². The molecule has 0 spiro atoms. The minimum Gasteiger partial charge on any atom is -0.463 e. The van der Waals surface area contributed by atoms with Crippen molar-refractivity contribution in [1.29, 1.82) is 0 Å². The molecule has 0 unspecified atom stereocenters. The summed E-state index contributed by atoms with van der Waals surface area (Å²) in [6.07, 6.45) is 1.60. The molecule has 3 rings (SSSR count). The number of hydrogen-bond donors (Lipinski definition) is 2. The molecule has 3 N–H and O–H groups in total. The summed E-state index contributed by atoms with van der Waals surface area (Å²) in [5.41, 5.74) is 1.02. The Morgan fingerprint density at radius 3 is 2.60 bits per heavy atom. The van der Waals surface area contributed by atoms with Crippen LogP contribution in [0.25, 0.3) is 0 Å². The number of alkyl halides is 1. The molecule has 1 aliphatic rings. The number of quaternary nitrogens is 1. The quantitative estimate of drug-likeness (QED) is 0.708. The minimum atomic E-state index is -3.17. The second-order valence-corrected chi connectivity index (χ2v) is 8.82. The normalized spacial score (nSPS) is 23.2. The first-order valence-electron chi connectivity index (χ1n) is 8.00. The Hall–Kier alpha value is -1.83. The monoisotopic (exact) mass is 383 g/mol. The maximum atomic E-state index is 12.2. The van der Waals surface area contributed by atoms with Crippen molar-refractivity contribution in [2.75, 3.05) is 18.1 Å². The zero-order valence-electron chi connectivity index (χ0n) is 13.5. The molecule has 25 heavy (non-hydrogen) atoms. The van der Waals surface area contributed by atoms with Crippen molar-refractivity contribution in [1.82, 2.24) is 5.32 Å². The van der Waals surface area contributed by atoms with Crippen LogP contribution in [-0.2, 0) is 14.6 Å². The van der Waals surface area contributed by atoms with Gasteiger partial charge in [0.15, 0.2) is 28.2 Å². The molecule has 0 saturated carbocycles. The van der Waals surface area contributed by atoms with E-state index in [4.69, 9.17) is 16.0 Å². The summed E-state index contributed by atoms with van der Waals surface area (Å²) in [7, 11) is -3.17. The van der Waals surface area contributed by atoms with Gasteiger partial charge in [0, 0.05) is 5.56 Å². The highest BCUT2D eigenvalue weighted by Gasteiger charge is 2.37. The number of benzene rings is 1. The van der Waals surface area contributed by atoms with Gasteiger partial charge in [-0.3, -0.25) is 4.79 Å². The molecular weight excluding hydrogens is 364 g/mol. The minimum absolute atomic E-state index is 0.0950. The molecule has 1 amide bonds. The third kappa shape index (κ3) is 4.62. The standard InChI is InChI=1S/C17H19ClN2O4S/c18-13-10-25(22,23)11-14(13)20-16(21)9-19-17(15-7-4-8-24-15)12-5-2-1-3-6-12/h1-8,13-14,17,19H,9-11H2,(H,20,21)/p+1/t13-,14-,17-/m0/s1. The molecule has 0 aliphatic carbocycles. The van der Waals surface area contributed by atoms with E-state index in [9.17, 15) is 13.2 Å². The number of rotatable bonds is 6. The Kier molecular flexibility index (Phi) is 5.46. The fraction of sp³-hybridized carbons (Fsp3) is 0.353. The van der Waals surface area contributed by atoms with E-state index in [1.807, 2.05) is 41.7 Å². The van der Waals surface area contributed by atoms with Crippen LogP contribution < -0.4 is 10.6 Å². The molecular formula is C17H20ClN2O4S+. The van der Waals surface area contributed by atoms with E-state index in [1.165, 1.54) is 0 Å². The predicted molar refractivity (Wildman–Crippen MR) is 94.0 cm³/mol. The lowest BCUT2D eigenvalue weighted by molar-refractivity contribution is -0.678. The molecule has 1 aromatic carbocycles. The third-order valence-electron chi connectivity index (χ3n) is 4.18. The number of sulfone groups is 1. The van der Waals surface area contributed by atoms with Gasteiger partial charge in [0.05, 0.1) is 29.2 Å². The van der Waals surface area contributed by atoms with Crippen LogP contribution in [0.5, 0.6) is 0 Å². The first-order chi connectivity index (χ1) is 11.9. The van der Waals surface area contributed by atoms with Crippen LogP contribution in [0.3, 0.4) is 0 Å². The van der Waals surface area contributed by atoms with Gasteiger partial charge < -0.3 is 15.1 Å². The number of nitrogens with two attached hydrogens (primary N) is 1. The van der Waals surface area contributed by atoms with E-state index in [2.05, 4.69) is 5.32 Å². The Balaban J connectivity index is 1.63. The number of nitrogens with one attached hydrogen (secondary N) is 1. The summed E-state index contributed by atoms with van der Waals surface area (Å²) >= 11 is 6.03. The predicted octanol–water partition coefficient (Wildman–Crippen LogP) is 0.453. The van der Waals surface area contributed by atoms with Crippen molar-refractivity contribution >= 4 is 27.3 Å². The number of amides is 1. The molecule has 6 nitrogen and oxygen atoms in total. The highest BCUT2D eigenvalue weighted by Crippen LogP contribution is 2.19. The van der Waals surface area contributed by atoms with E-state index in [1.54, 1.807) is 12.3 Å². The van der Waals surface area contributed by atoms with E-state index in [0.717, 1.165) is 11.3 Å². The smallest absolute Gasteiger partial charge is 0.275 e. The number of carbonyl (C=O) groups is 1. The molecule has 1 aliphatic heterocycles. The zero-order chi connectivity index (χ0) is 17.9. The Morgan fingerprint density at radius 1 is 1.24 bits per heavy atom. The van der Waals surface area contributed by atoms with Crippen molar-refractivity contribution in [3.63, 3.8) is 0 Å². The summed E-state index contributed by atoms with van der Waals surface area (Å²) < 4.78 is 28.7. The Morgan fingerprint density at radius 2 is 2.00 bits per heavy atom. The maximum absolute atomic E-state index is 12.2. The number of halogens is 1. The third-order valence-corrected chi connectivity index (χ3v) is 6.55. The van der Waals surface area contributed by atoms with E-state index < -0.39 is 21.3 Å². The molecule has 0 bridgehead atoms. The average molecular weight is 384 g/mol. The zero-order valence-corrected chi connectivity index (χ0v) is 15.0. The van der Waals surface area contributed by atoms with Gasteiger partial charge in [-0.05, 0) is 12.1 Å². The number of hydrogen-bond acceptors (Lipinski definition) is 4. The molecule has 134 valence electrons. The molecule has 2 heterocycles. The molecule has 2 aromatic rings. The van der Waals surface area contributed by atoms with Gasteiger partial charge in [0.2, 0.25) is 0 Å². The summed E-state index contributed by atoms with van der Waals surface area (Å²) in [6.45, 7) is 0.139. The van der Waals surface area contributed by atoms with Gasteiger partial charge in [0.25, 0.3) is 5.91 Å². The lowest BCUT2D eigenvalue weighted by Gasteiger charge is -2.16. The lowest BCUT2D eigenvalue weighted by Crippen LogP contribution is -2.88. The SMILES string of the molecule is O=C(C[NH2+][C@@H](c1ccccc1)c1ccco1)N[C@H]1CS(=O)(=O)C[C@@H]1Cl. The van der Waals surface area contributed by atoms with Crippen LogP contribution in [0.4, 0.5) is 0 Å². The molecule has 0 radical (unpaired) electrons. The molecule has 1 aromatic heterocycles. The van der Waals surface area contributed by atoms with Crippen LogP contribution in [0, 0.1) is 0 Å². The summed E-state index contributed by atoms with van der Waals surface area (Å²) in [5.74, 6) is 0.299. The van der Waals surface area contributed by atoms with Crippen molar-refractivity contribution in [3.05, 3.63) is 60.1 Å². The van der Waals surface area contributed by atoms with Crippen LogP contribution in [-0.4, -0.2) is 43.8 Å². The molecule has 1 saturated heterocycles. The highest BCUT2D eigenvalue weighted by atomic mass is 35.5. The van der Waals surface area contributed by atoms with Gasteiger partial charge in [-0.2, -0.15) is 0 Å². The summed E-state index contributed by atoms with van der Waals surface area (Å²) in [5, 5.41) is 4.00. The van der Waals surface area contributed by atoms with Gasteiger partial charge in [-0.1, -0.05) is 30.3 Å². The summed E-state index contributed by atoms with van der Waals surface area (Å²) in [6, 6.07) is 12.7. The maximum Gasteiger partial charge on any atom is 0.275 e. The molecule has 8 heteroatoms. The van der Waals surface area contributed by atoms with Gasteiger partial charge in [-0.25, -0.2) is 8.42 Å². The fourth-order valence-electron chi connectivity index (χ4n) is 2.97.